The molecule has 0 atom stereocenters. The number of nitrogens with one attached hydrogen (secondary N) is 1. The molecule has 0 aliphatic heterocycles. The van der Waals surface area contributed by atoms with Gasteiger partial charge in [-0.1, -0.05) is 37.6 Å². The minimum absolute atomic E-state index is 0.0687. The summed E-state index contributed by atoms with van der Waals surface area (Å²) < 4.78 is 4.82. The lowest BCUT2D eigenvalue weighted by Crippen LogP contribution is -2.32. The number of carboxylic acid groups (broad SMARTS) is 1. The van der Waals surface area contributed by atoms with Crippen LogP contribution in [0.5, 0.6) is 0 Å². The van der Waals surface area contributed by atoms with Crippen molar-refractivity contribution in [3.8, 4) is 11.1 Å². The number of hydrogen-bond donors (Lipinski definition) is 2. The number of amides is 2. The van der Waals surface area contributed by atoms with Gasteiger partial charge in [0.15, 0.2) is 0 Å². The second-order valence-electron chi connectivity index (χ2n) is 8.94. The number of nitrogens with zero attached hydrogens (tertiary/aromatic N) is 3. The van der Waals surface area contributed by atoms with Gasteiger partial charge in [-0.25, -0.2) is 4.79 Å². The van der Waals surface area contributed by atoms with E-state index in [9.17, 15) is 19.5 Å². The predicted octanol–water partition coefficient (Wildman–Crippen LogP) is 5.28. The van der Waals surface area contributed by atoms with Gasteiger partial charge < -0.3 is 19.6 Å². The van der Waals surface area contributed by atoms with Crippen LogP contribution in [0.15, 0.2) is 67.0 Å². The topological polar surface area (TPSA) is 112 Å². The molecule has 9 heteroatoms. The van der Waals surface area contributed by atoms with Crippen molar-refractivity contribution < 1.29 is 24.2 Å². The molecule has 0 radical (unpaired) electrons. The summed E-state index contributed by atoms with van der Waals surface area (Å²) in [6.07, 6.45) is 4.42. The number of benzene rings is 2. The summed E-state index contributed by atoms with van der Waals surface area (Å²) in [6, 6.07) is 16.9. The molecule has 0 spiro atoms. The van der Waals surface area contributed by atoms with Gasteiger partial charge in [-0.3, -0.25) is 19.9 Å². The zero-order valence-corrected chi connectivity index (χ0v) is 22.0. The van der Waals surface area contributed by atoms with Crippen LogP contribution in [0.2, 0.25) is 0 Å². The van der Waals surface area contributed by atoms with Gasteiger partial charge in [0.25, 0.3) is 5.91 Å². The van der Waals surface area contributed by atoms with Gasteiger partial charge in [-0.05, 0) is 53.4 Å². The average molecular weight is 519 g/mol. The van der Waals surface area contributed by atoms with Gasteiger partial charge in [0.05, 0.1) is 30.5 Å². The largest absolute Gasteiger partial charge is 0.481 e. The number of rotatable bonds is 12. The molecule has 2 aromatic carbocycles. The number of pyridine rings is 1. The number of unbranched alkanes of at least 4 members (excludes halogenated alkanes) is 1. The third-order valence-electron chi connectivity index (χ3n) is 6.10. The number of aromatic nitrogens is 1. The van der Waals surface area contributed by atoms with Crippen molar-refractivity contribution in [3.05, 3.63) is 78.1 Å². The number of aliphatic carboxylic acids is 1. The molecular formula is C29H34N4O5. The molecule has 9 nitrogen and oxygen atoms in total. The van der Waals surface area contributed by atoms with Crippen molar-refractivity contribution in [2.45, 2.75) is 32.7 Å². The maximum absolute atomic E-state index is 13.1. The standard InChI is InChI=1S/C29H34N4O5/c1-4-5-15-32(2)26-12-11-23(18-25(26)31-29(37)38-3)22-9-6-8-21(17-22)20-33(16-13-27(34)35)28(36)24-10-7-14-30-19-24/h6-12,14,17-19H,4-5,13,15-16,20H2,1-3H3,(H,31,37)(H,34,35). The van der Waals surface area contributed by atoms with E-state index in [1.165, 1.54) is 18.2 Å². The van der Waals surface area contributed by atoms with Gasteiger partial charge >= 0.3 is 12.1 Å². The molecular weight excluding hydrogens is 484 g/mol. The molecule has 200 valence electrons. The van der Waals surface area contributed by atoms with E-state index in [2.05, 4.69) is 22.1 Å². The smallest absolute Gasteiger partial charge is 0.411 e. The first-order valence-corrected chi connectivity index (χ1v) is 12.5. The Hall–Kier alpha value is -4.40. The molecule has 1 heterocycles. The average Bonchev–Trinajstić information content (AvgIpc) is 2.94. The fourth-order valence-electron chi connectivity index (χ4n) is 4.05. The number of anilines is 2. The van der Waals surface area contributed by atoms with E-state index in [4.69, 9.17) is 4.74 Å². The molecule has 0 saturated carbocycles. The Morgan fingerprint density at radius 3 is 2.50 bits per heavy atom. The maximum Gasteiger partial charge on any atom is 0.411 e. The minimum Gasteiger partial charge on any atom is -0.481 e. The number of carbonyl (C=O) groups excluding carboxylic acids is 2. The third-order valence-corrected chi connectivity index (χ3v) is 6.10. The highest BCUT2D eigenvalue weighted by molar-refractivity contribution is 5.94. The van der Waals surface area contributed by atoms with Gasteiger partial charge in [0, 0.05) is 39.1 Å². The molecule has 0 fully saturated rings. The van der Waals surface area contributed by atoms with Crippen molar-refractivity contribution in [3.63, 3.8) is 0 Å². The SMILES string of the molecule is CCCCN(C)c1ccc(-c2cccc(CN(CCC(=O)O)C(=O)c3cccnc3)c2)cc1NC(=O)OC. The lowest BCUT2D eigenvalue weighted by molar-refractivity contribution is -0.137. The molecule has 3 aromatic rings. The van der Waals surface area contributed by atoms with Crippen LogP contribution < -0.4 is 10.2 Å². The number of hydrogen-bond acceptors (Lipinski definition) is 6. The van der Waals surface area contributed by atoms with Crippen molar-refractivity contribution in [2.75, 3.05) is 37.5 Å². The van der Waals surface area contributed by atoms with Crippen LogP contribution in [0.3, 0.4) is 0 Å². The van der Waals surface area contributed by atoms with Gasteiger partial charge in [-0.2, -0.15) is 0 Å². The summed E-state index contributed by atoms with van der Waals surface area (Å²) in [5.74, 6) is -1.26. The highest BCUT2D eigenvalue weighted by atomic mass is 16.5. The zero-order chi connectivity index (χ0) is 27.5. The van der Waals surface area contributed by atoms with Crippen LogP contribution in [0.4, 0.5) is 16.2 Å². The Labute approximate surface area is 223 Å². The summed E-state index contributed by atoms with van der Waals surface area (Å²) in [5.41, 5.74) is 4.53. The monoisotopic (exact) mass is 518 g/mol. The van der Waals surface area contributed by atoms with Crippen LogP contribution >= 0.6 is 0 Å². The molecule has 0 unspecified atom stereocenters. The zero-order valence-electron chi connectivity index (χ0n) is 22.0. The lowest BCUT2D eigenvalue weighted by Gasteiger charge is -2.24. The Balaban J connectivity index is 1.90. The summed E-state index contributed by atoms with van der Waals surface area (Å²) in [7, 11) is 3.31. The second-order valence-corrected chi connectivity index (χ2v) is 8.94. The van der Waals surface area contributed by atoms with Gasteiger partial charge in [0.2, 0.25) is 0 Å². The molecule has 0 aliphatic carbocycles. The third kappa shape index (κ3) is 7.80. The van der Waals surface area contributed by atoms with Crippen molar-refractivity contribution in [1.82, 2.24) is 9.88 Å². The molecule has 38 heavy (non-hydrogen) atoms. The van der Waals surface area contributed by atoms with Crippen LogP contribution in [-0.2, 0) is 16.1 Å². The first kappa shape index (κ1) is 28.2. The van der Waals surface area contributed by atoms with Crippen molar-refractivity contribution in [2.24, 2.45) is 0 Å². The molecule has 2 amide bonds. The first-order valence-electron chi connectivity index (χ1n) is 12.5. The Morgan fingerprint density at radius 2 is 1.82 bits per heavy atom. The van der Waals surface area contributed by atoms with E-state index in [-0.39, 0.29) is 25.4 Å². The highest BCUT2D eigenvalue weighted by Gasteiger charge is 2.18. The first-order chi connectivity index (χ1) is 18.3. The highest BCUT2D eigenvalue weighted by Crippen LogP contribution is 2.32. The summed E-state index contributed by atoms with van der Waals surface area (Å²) in [5, 5.41) is 12.0. The maximum atomic E-state index is 13.1. The predicted molar refractivity (Wildman–Crippen MR) is 147 cm³/mol. The van der Waals surface area contributed by atoms with E-state index in [0.717, 1.165) is 41.8 Å². The Morgan fingerprint density at radius 1 is 1.03 bits per heavy atom. The van der Waals surface area contributed by atoms with Gasteiger partial charge in [-0.15, -0.1) is 0 Å². The van der Waals surface area contributed by atoms with E-state index in [1.54, 1.807) is 18.3 Å². The van der Waals surface area contributed by atoms with E-state index >= 15 is 0 Å². The van der Waals surface area contributed by atoms with Crippen molar-refractivity contribution in [1.29, 1.82) is 0 Å². The molecule has 0 aliphatic rings. The molecule has 0 bridgehead atoms. The molecule has 2 N–H and O–H groups in total. The normalized spacial score (nSPS) is 10.5. The van der Waals surface area contributed by atoms with Crippen LogP contribution in [0.25, 0.3) is 11.1 Å². The summed E-state index contributed by atoms with van der Waals surface area (Å²) in [4.78, 5) is 44.0. The van der Waals surface area contributed by atoms with Gasteiger partial charge in [0.1, 0.15) is 0 Å². The van der Waals surface area contributed by atoms with Crippen LogP contribution in [0, 0.1) is 0 Å². The number of carboxylic acids is 1. The quantitative estimate of drug-likeness (QED) is 0.335. The van der Waals surface area contributed by atoms with Crippen LogP contribution in [0.1, 0.15) is 42.1 Å². The van der Waals surface area contributed by atoms with Crippen LogP contribution in [-0.4, -0.2) is 60.2 Å². The Bertz CT molecular complexity index is 1250. The summed E-state index contributed by atoms with van der Waals surface area (Å²) >= 11 is 0. The minimum atomic E-state index is -0.975. The fourth-order valence-corrected chi connectivity index (χ4v) is 4.05. The molecule has 0 saturated heterocycles. The number of methoxy groups -OCH3 is 1. The van der Waals surface area contributed by atoms with E-state index in [1.807, 2.05) is 49.5 Å². The molecule has 3 rings (SSSR count). The number of carbonyl (C=O) groups is 3. The Kier molecular flexibility index (Phi) is 10.2. The second kappa shape index (κ2) is 13.8. The van der Waals surface area contributed by atoms with Crippen molar-refractivity contribution >= 4 is 29.3 Å². The summed E-state index contributed by atoms with van der Waals surface area (Å²) in [6.45, 7) is 3.28. The lowest BCUT2D eigenvalue weighted by atomic mass is 10.0. The fraction of sp³-hybridized carbons (Fsp3) is 0.310. The number of ether oxygens (including phenoxy) is 1. The van der Waals surface area contributed by atoms with E-state index < -0.39 is 12.1 Å². The molecule has 1 aromatic heterocycles. The van der Waals surface area contributed by atoms with E-state index in [0.29, 0.717) is 11.3 Å².